The minimum atomic E-state index is -4.02. The first-order chi connectivity index (χ1) is 17.0. The van der Waals surface area contributed by atoms with Gasteiger partial charge < -0.3 is 15.2 Å². The fourth-order valence-electron chi connectivity index (χ4n) is 3.86. The highest BCUT2D eigenvalue weighted by Gasteiger charge is 2.30. The summed E-state index contributed by atoms with van der Waals surface area (Å²) in [5.41, 5.74) is 8.51. The molecule has 0 bridgehead atoms. The number of hydrogen-bond acceptors (Lipinski definition) is 8. The van der Waals surface area contributed by atoms with Gasteiger partial charge in [0.05, 0.1) is 36.4 Å². The lowest BCUT2D eigenvalue weighted by Gasteiger charge is -2.09. The molecule has 0 atom stereocenters. The van der Waals surface area contributed by atoms with Crippen LogP contribution in [-0.4, -0.2) is 43.5 Å². The van der Waals surface area contributed by atoms with E-state index in [4.69, 9.17) is 15.2 Å². The Kier molecular flexibility index (Phi) is 5.58. The molecule has 0 aliphatic rings. The molecular weight excluding hydrogens is 466 g/mol. The predicted molar refractivity (Wildman–Crippen MR) is 134 cm³/mol. The Morgan fingerprint density at radius 3 is 2.26 bits per heavy atom. The van der Waals surface area contributed by atoms with Gasteiger partial charge in [-0.15, -0.1) is 0 Å². The highest BCUT2D eigenvalue weighted by molar-refractivity contribution is 7.92. The molecule has 5 rings (SSSR count). The van der Waals surface area contributed by atoms with Crippen LogP contribution in [0.3, 0.4) is 0 Å². The Hall–Kier alpha value is -4.44. The molecule has 9 nitrogen and oxygen atoms in total. The fourth-order valence-corrected chi connectivity index (χ4v) is 5.36. The number of anilines is 1. The maximum Gasteiger partial charge on any atom is 0.212 e. The van der Waals surface area contributed by atoms with Crippen molar-refractivity contribution in [1.82, 2.24) is 14.6 Å². The number of hydrogen-bond donors (Lipinski definition) is 1. The lowest BCUT2D eigenvalue weighted by Crippen LogP contribution is -2.06. The molecular formula is C25H21N5O4S. The topological polar surface area (TPSA) is 122 Å². The van der Waals surface area contributed by atoms with Crippen molar-refractivity contribution < 1.29 is 17.9 Å². The lowest BCUT2D eigenvalue weighted by molar-refractivity contribution is 0.354. The van der Waals surface area contributed by atoms with Crippen LogP contribution in [0.2, 0.25) is 0 Å². The zero-order chi connectivity index (χ0) is 24.6. The smallest absolute Gasteiger partial charge is 0.212 e. The molecule has 2 heterocycles. The first-order valence-corrected chi connectivity index (χ1v) is 12.1. The molecule has 0 saturated heterocycles. The Morgan fingerprint density at radius 1 is 0.886 bits per heavy atom. The van der Waals surface area contributed by atoms with Crippen LogP contribution in [0.4, 0.5) is 5.82 Å². The summed E-state index contributed by atoms with van der Waals surface area (Å²) in [5.74, 6) is 0.902. The second-order valence-corrected chi connectivity index (χ2v) is 9.44. The highest BCUT2D eigenvalue weighted by atomic mass is 32.2. The zero-order valence-electron chi connectivity index (χ0n) is 18.9. The van der Waals surface area contributed by atoms with Gasteiger partial charge in [-0.25, -0.2) is 18.4 Å². The molecule has 176 valence electrons. The van der Waals surface area contributed by atoms with Gasteiger partial charge in [0.2, 0.25) is 9.84 Å². The summed E-state index contributed by atoms with van der Waals surface area (Å²) < 4.78 is 39.4. The van der Waals surface area contributed by atoms with Gasteiger partial charge in [0, 0.05) is 5.56 Å². The normalized spacial score (nSPS) is 11.9. The van der Waals surface area contributed by atoms with Crippen LogP contribution in [0.1, 0.15) is 5.56 Å². The van der Waals surface area contributed by atoms with Gasteiger partial charge >= 0.3 is 0 Å². The van der Waals surface area contributed by atoms with Gasteiger partial charge in [-0.1, -0.05) is 36.4 Å². The Bertz CT molecular complexity index is 1700. The van der Waals surface area contributed by atoms with E-state index in [0.717, 1.165) is 0 Å². The van der Waals surface area contributed by atoms with Crippen molar-refractivity contribution in [3.8, 4) is 11.5 Å². The number of nitrogens with zero attached hydrogens (tertiary/aromatic N) is 4. The molecule has 3 aromatic carbocycles. The maximum atomic E-state index is 13.6. The molecule has 0 unspecified atom stereocenters. The molecule has 0 amide bonds. The SMILES string of the molecule is COc1cccc(C=Nn2c(N)c(S(=O)(=O)c3ccccc3)c3nc4ccccc4nc32)c1OC. The van der Waals surface area contributed by atoms with E-state index in [1.165, 1.54) is 37.2 Å². The van der Waals surface area contributed by atoms with Crippen LogP contribution in [0.5, 0.6) is 11.5 Å². The number of fused-ring (bicyclic) bond motifs is 2. The van der Waals surface area contributed by atoms with Crippen molar-refractivity contribution in [3.05, 3.63) is 78.4 Å². The van der Waals surface area contributed by atoms with Crippen LogP contribution in [-0.2, 0) is 9.84 Å². The minimum absolute atomic E-state index is 0.0964. The van der Waals surface area contributed by atoms with E-state index in [0.29, 0.717) is 28.1 Å². The Morgan fingerprint density at radius 2 is 1.57 bits per heavy atom. The molecule has 5 aromatic rings. The maximum absolute atomic E-state index is 13.6. The quantitative estimate of drug-likeness (QED) is 0.361. The molecule has 35 heavy (non-hydrogen) atoms. The van der Waals surface area contributed by atoms with Gasteiger partial charge in [0.25, 0.3) is 0 Å². The molecule has 2 N–H and O–H groups in total. The Labute approximate surface area is 201 Å². The predicted octanol–water partition coefficient (Wildman–Crippen LogP) is 3.90. The summed E-state index contributed by atoms with van der Waals surface area (Å²) in [6.45, 7) is 0. The lowest BCUT2D eigenvalue weighted by atomic mass is 10.2. The van der Waals surface area contributed by atoms with Crippen molar-refractivity contribution in [3.63, 3.8) is 0 Å². The number of nitrogens with two attached hydrogens (primary N) is 1. The van der Waals surface area contributed by atoms with Crippen LogP contribution in [0.15, 0.2) is 87.7 Å². The summed E-state index contributed by atoms with van der Waals surface area (Å²) in [7, 11) is -0.954. The number of nitrogen functional groups attached to an aromatic ring is 1. The average molecular weight is 488 g/mol. The molecule has 0 saturated carbocycles. The number of rotatable bonds is 6. The van der Waals surface area contributed by atoms with E-state index in [9.17, 15) is 8.42 Å². The van der Waals surface area contributed by atoms with Gasteiger partial charge in [-0.3, -0.25) is 0 Å². The second-order valence-electron chi connectivity index (χ2n) is 7.55. The zero-order valence-corrected chi connectivity index (χ0v) is 19.7. The van der Waals surface area contributed by atoms with Crippen LogP contribution >= 0.6 is 0 Å². The van der Waals surface area contributed by atoms with Crippen molar-refractivity contribution in [2.24, 2.45) is 5.10 Å². The molecule has 0 spiro atoms. The summed E-state index contributed by atoms with van der Waals surface area (Å²) in [6, 6.07) is 20.6. The van der Waals surface area contributed by atoms with Crippen molar-refractivity contribution in [2.45, 2.75) is 9.79 Å². The van der Waals surface area contributed by atoms with E-state index in [2.05, 4.69) is 15.1 Å². The largest absolute Gasteiger partial charge is 0.493 e. The van der Waals surface area contributed by atoms with E-state index < -0.39 is 9.84 Å². The summed E-state index contributed by atoms with van der Waals surface area (Å²) >= 11 is 0. The van der Waals surface area contributed by atoms with E-state index in [-0.39, 0.29) is 26.8 Å². The van der Waals surface area contributed by atoms with Gasteiger partial charge in [0.15, 0.2) is 17.1 Å². The Balaban J connectivity index is 1.79. The molecule has 0 aliphatic heterocycles. The number of sulfone groups is 1. The monoisotopic (exact) mass is 487 g/mol. The van der Waals surface area contributed by atoms with Crippen LogP contribution in [0.25, 0.3) is 22.2 Å². The molecule has 0 radical (unpaired) electrons. The number of benzene rings is 3. The second kappa shape index (κ2) is 8.73. The van der Waals surface area contributed by atoms with Crippen molar-refractivity contribution >= 4 is 44.1 Å². The van der Waals surface area contributed by atoms with Crippen molar-refractivity contribution in [2.75, 3.05) is 20.0 Å². The first-order valence-electron chi connectivity index (χ1n) is 10.6. The van der Waals surface area contributed by atoms with Gasteiger partial charge in [-0.05, 0) is 36.4 Å². The molecule has 0 fully saturated rings. The third-order valence-corrected chi connectivity index (χ3v) is 7.33. The minimum Gasteiger partial charge on any atom is -0.493 e. The fraction of sp³-hybridized carbons (Fsp3) is 0.0800. The summed E-state index contributed by atoms with van der Waals surface area (Å²) in [4.78, 5) is 9.20. The average Bonchev–Trinajstić information content (AvgIpc) is 3.16. The van der Waals surface area contributed by atoms with Gasteiger partial charge in [-0.2, -0.15) is 9.78 Å². The third kappa shape index (κ3) is 3.73. The van der Waals surface area contributed by atoms with Crippen LogP contribution in [0, 0.1) is 0 Å². The summed E-state index contributed by atoms with van der Waals surface area (Å²) in [5, 5.41) is 4.49. The standard InChI is InChI=1S/C25H21N5O4S/c1-33-20-14-8-9-16(22(20)34-2)15-27-30-24(26)23(35(31,32)17-10-4-3-5-11-17)21-25(30)29-19-13-7-6-12-18(19)28-21/h3-15H,26H2,1-2H3. The van der Waals surface area contributed by atoms with Crippen molar-refractivity contribution in [1.29, 1.82) is 0 Å². The molecule has 0 aliphatic carbocycles. The van der Waals surface area contributed by atoms with Gasteiger partial charge in [0.1, 0.15) is 16.2 Å². The van der Waals surface area contributed by atoms with E-state index in [1.54, 1.807) is 48.5 Å². The number of para-hydroxylation sites is 3. The van der Waals surface area contributed by atoms with E-state index in [1.807, 2.05) is 12.1 Å². The molecule has 2 aromatic heterocycles. The third-order valence-electron chi connectivity index (χ3n) is 5.50. The number of methoxy groups -OCH3 is 2. The first kappa shape index (κ1) is 22.4. The molecule has 10 heteroatoms. The summed E-state index contributed by atoms with van der Waals surface area (Å²) in [6.07, 6.45) is 1.51. The highest BCUT2D eigenvalue weighted by Crippen LogP contribution is 2.35. The number of aromatic nitrogens is 3. The van der Waals surface area contributed by atoms with Crippen LogP contribution < -0.4 is 15.2 Å². The number of ether oxygens (including phenoxy) is 2. The van der Waals surface area contributed by atoms with E-state index >= 15 is 0 Å².